The molecule has 1 aliphatic rings. The van der Waals surface area contributed by atoms with Gasteiger partial charge in [-0.15, -0.1) is 0 Å². The second-order valence-corrected chi connectivity index (χ2v) is 7.01. The Morgan fingerprint density at radius 3 is 2.70 bits per heavy atom. The number of anilines is 1. The summed E-state index contributed by atoms with van der Waals surface area (Å²) in [4.78, 5) is 25.7. The van der Waals surface area contributed by atoms with Crippen LogP contribution in [0, 0.1) is 5.92 Å². The Kier molecular flexibility index (Phi) is 6.50. The predicted octanol–water partition coefficient (Wildman–Crippen LogP) is 3.40. The zero-order valence-electron chi connectivity index (χ0n) is 15.8. The summed E-state index contributed by atoms with van der Waals surface area (Å²) in [6.45, 7) is 4.74. The van der Waals surface area contributed by atoms with Gasteiger partial charge in [0.05, 0.1) is 7.11 Å². The minimum Gasteiger partial charge on any atom is -0.481 e. The summed E-state index contributed by atoms with van der Waals surface area (Å²) >= 11 is 6.26. The third kappa shape index (κ3) is 4.69. The number of hydrogen-bond acceptors (Lipinski definition) is 5. The van der Waals surface area contributed by atoms with Crippen LogP contribution in [0.4, 0.5) is 5.95 Å². The molecule has 2 aromatic rings. The molecule has 2 heterocycles. The van der Waals surface area contributed by atoms with Crippen molar-refractivity contribution >= 4 is 23.5 Å². The lowest BCUT2D eigenvalue weighted by atomic mass is 9.95. The summed E-state index contributed by atoms with van der Waals surface area (Å²) in [5.41, 5.74) is 0.983. The highest BCUT2D eigenvalue weighted by atomic mass is 35.5. The average molecular weight is 389 g/mol. The van der Waals surface area contributed by atoms with Crippen molar-refractivity contribution in [1.82, 2.24) is 14.9 Å². The summed E-state index contributed by atoms with van der Waals surface area (Å²) in [5.74, 6) is 1.43. The number of piperidine rings is 1. The van der Waals surface area contributed by atoms with Crippen LogP contribution in [-0.2, 0) is 11.3 Å². The van der Waals surface area contributed by atoms with E-state index in [0.717, 1.165) is 31.5 Å². The standard InChI is InChI=1S/C20H25ClN4O2/c1-3-24(14-16-6-4-5-7-17(16)21)19(26)15-9-12-25(13-10-15)20-22-11-8-18(23-20)27-2/h4-8,11,15H,3,9-10,12-14H2,1-2H3. The van der Waals surface area contributed by atoms with Gasteiger partial charge in [0.15, 0.2) is 0 Å². The van der Waals surface area contributed by atoms with Gasteiger partial charge in [0.25, 0.3) is 0 Å². The van der Waals surface area contributed by atoms with Crippen molar-refractivity contribution in [3.8, 4) is 5.88 Å². The van der Waals surface area contributed by atoms with E-state index in [2.05, 4.69) is 14.9 Å². The van der Waals surface area contributed by atoms with Crippen molar-refractivity contribution in [2.45, 2.75) is 26.3 Å². The highest BCUT2D eigenvalue weighted by Crippen LogP contribution is 2.25. The quantitative estimate of drug-likeness (QED) is 0.759. The summed E-state index contributed by atoms with van der Waals surface area (Å²) in [7, 11) is 1.59. The number of amides is 1. The first-order valence-electron chi connectivity index (χ1n) is 9.26. The molecule has 1 aromatic carbocycles. The normalized spacial score (nSPS) is 14.9. The van der Waals surface area contributed by atoms with E-state index in [1.807, 2.05) is 36.1 Å². The molecule has 1 aromatic heterocycles. The Morgan fingerprint density at radius 1 is 1.30 bits per heavy atom. The van der Waals surface area contributed by atoms with Crippen LogP contribution in [0.2, 0.25) is 5.02 Å². The van der Waals surface area contributed by atoms with Gasteiger partial charge in [-0.3, -0.25) is 4.79 Å². The van der Waals surface area contributed by atoms with Gasteiger partial charge in [0, 0.05) is 49.4 Å². The lowest BCUT2D eigenvalue weighted by Crippen LogP contribution is -2.42. The Morgan fingerprint density at radius 2 is 2.04 bits per heavy atom. The van der Waals surface area contributed by atoms with Crippen molar-refractivity contribution in [3.05, 3.63) is 47.1 Å². The van der Waals surface area contributed by atoms with Gasteiger partial charge in [-0.05, 0) is 31.4 Å². The molecule has 0 atom stereocenters. The lowest BCUT2D eigenvalue weighted by molar-refractivity contribution is -0.136. The van der Waals surface area contributed by atoms with Gasteiger partial charge in [0.1, 0.15) is 0 Å². The SMILES string of the molecule is CCN(Cc1ccccc1Cl)C(=O)C1CCN(c2nccc(OC)n2)CC1. The topological polar surface area (TPSA) is 58.6 Å². The van der Waals surface area contributed by atoms with Gasteiger partial charge < -0.3 is 14.5 Å². The Balaban J connectivity index is 1.60. The molecule has 7 heteroatoms. The molecular weight excluding hydrogens is 364 g/mol. The fraction of sp³-hybridized carbons (Fsp3) is 0.450. The third-order valence-corrected chi connectivity index (χ3v) is 5.33. The summed E-state index contributed by atoms with van der Waals surface area (Å²) in [6.07, 6.45) is 3.28. The molecule has 0 bridgehead atoms. The van der Waals surface area contributed by atoms with Gasteiger partial charge in [-0.25, -0.2) is 4.98 Å². The molecule has 0 aliphatic carbocycles. The molecule has 0 N–H and O–H groups in total. The molecule has 0 radical (unpaired) electrons. The number of aromatic nitrogens is 2. The van der Waals surface area contributed by atoms with E-state index in [0.29, 0.717) is 29.9 Å². The number of ether oxygens (including phenoxy) is 1. The van der Waals surface area contributed by atoms with Gasteiger partial charge in [-0.1, -0.05) is 29.8 Å². The maximum atomic E-state index is 13.0. The fourth-order valence-corrected chi connectivity index (χ4v) is 3.56. The number of halogens is 1. The molecule has 1 amide bonds. The molecule has 144 valence electrons. The first kappa shape index (κ1) is 19.4. The number of carbonyl (C=O) groups is 1. The summed E-state index contributed by atoms with van der Waals surface area (Å²) in [5, 5.41) is 0.703. The van der Waals surface area contributed by atoms with Crippen molar-refractivity contribution in [1.29, 1.82) is 0 Å². The molecule has 6 nitrogen and oxygen atoms in total. The molecule has 1 fully saturated rings. The molecule has 1 aliphatic heterocycles. The Hall–Kier alpha value is -2.34. The molecule has 27 heavy (non-hydrogen) atoms. The average Bonchev–Trinajstić information content (AvgIpc) is 2.73. The maximum absolute atomic E-state index is 13.0. The van der Waals surface area contributed by atoms with Crippen LogP contribution in [0.3, 0.4) is 0 Å². The van der Waals surface area contributed by atoms with Crippen LogP contribution in [0.15, 0.2) is 36.5 Å². The van der Waals surface area contributed by atoms with E-state index in [-0.39, 0.29) is 11.8 Å². The van der Waals surface area contributed by atoms with Crippen LogP contribution in [0.5, 0.6) is 5.88 Å². The second-order valence-electron chi connectivity index (χ2n) is 6.60. The number of methoxy groups -OCH3 is 1. The smallest absolute Gasteiger partial charge is 0.228 e. The number of hydrogen-bond donors (Lipinski definition) is 0. The number of benzene rings is 1. The minimum absolute atomic E-state index is 0.0225. The summed E-state index contributed by atoms with van der Waals surface area (Å²) < 4.78 is 5.17. The van der Waals surface area contributed by atoms with Crippen molar-refractivity contribution in [3.63, 3.8) is 0 Å². The van der Waals surface area contributed by atoms with E-state index in [1.54, 1.807) is 19.4 Å². The number of rotatable bonds is 6. The zero-order chi connectivity index (χ0) is 19.2. The fourth-order valence-electron chi connectivity index (χ4n) is 3.36. The van der Waals surface area contributed by atoms with Crippen LogP contribution in [0.1, 0.15) is 25.3 Å². The molecule has 0 saturated carbocycles. The minimum atomic E-state index is 0.0225. The number of carbonyl (C=O) groups excluding carboxylic acids is 1. The van der Waals surface area contributed by atoms with Crippen molar-refractivity contribution in [2.75, 3.05) is 31.6 Å². The van der Waals surface area contributed by atoms with E-state index in [1.165, 1.54) is 0 Å². The maximum Gasteiger partial charge on any atom is 0.228 e. The predicted molar refractivity (Wildman–Crippen MR) is 106 cm³/mol. The van der Waals surface area contributed by atoms with Crippen LogP contribution >= 0.6 is 11.6 Å². The van der Waals surface area contributed by atoms with E-state index in [9.17, 15) is 4.79 Å². The van der Waals surface area contributed by atoms with Gasteiger partial charge >= 0.3 is 0 Å². The third-order valence-electron chi connectivity index (χ3n) is 4.97. The molecular formula is C20H25ClN4O2. The van der Waals surface area contributed by atoms with Crippen LogP contribution < -0.4 is 9.64 Å². The van der Waals surface area contributed by atoms with E-state index >= 15 is 0 Å². The highest BCUT2D eigenvalue weighted by molar-refractivity contribution is 6.31. The monoisotopic (exact) mass is 388 g/mol. The van der Waals surface area contributed by atoms with Crippen LogP contribution in [-0.4, -0.2) is 47.5 Å². The second kappa shape index (κ2) is 9.04. The zero-order valence-corrected chi connectivity index (χ0v) is 16.5. The molecule has 0 unspecified atom stereocenters. The van der Waals surface area contributed by atoms with E-state index in [4.69, 9.17) is 16.3 Å². The van der Waals surface area contributed by atoms with Gasteiger partial charge in [0.2, 0.25) is 17.7 Å². The van der Waals surface area contributed by atoms with Crippen molar-refractivity contribution < 1.29 is 9.53 Å². The first-order chi connectivity index (χ1) is 13.1. The molecule has 0 spiro atoms. The molecule has 3 rings (SSSR count). The van der Waals surface area contributed by atoms with E-state index < -0.39 is 0 Å². The first-order valence-corrected chi connectivity index (χ1v) is 9.64. The summed E-state index contributed by atoms with van der Waals surface area (Å²) in [6, 6.07) is 9.42. The largest absolute Gasteiger partial charge is 0.481 e. The Labute approximate surface area is 165 Å². The molecule has 1 saturated heterocycles. The lowest BCUT2D eigenvalue weighted by Gasteiger charge is -2.34. The highest BCUT2D eigenvalue weighted by Gasteiger charge is 2.29. The Bertz CT molecular complexity index is 778. The van der Waals surface area contributed by atoms with Crippen LogP contribution in [0.25, 0.3) is 0 Å². The number of nitrogens with zero attached hydrogens (tertiary/aromatic N) is 4. The van der Waals surface area contributed by atoms with Gasteiger partial charge in [-0.2, -0.15) is 4.98 Å². The van der Waals surface area contributed by atoms with Crippen molar-refractivity contribution in [2.24, 2.45) is 5.92 Å².